The highest BCUT2D eigenvalue weighted by atomic mass is 35.5. The fourth-order valence-electron chi connectivity index (χ4n) is 3.92. The Morgan fingerprint density at radius 2 is 1.82 bits per heavy atom. The second-order valence-electron chi connectivity index (χ2n) is 8.70. The van der Waals surface area contributed by atoms with Crippen molar-refractivity contribution in [2.45, 2.75) is 39.4 Å². The van der Waals surface area contributed by atoms with Crippen molar-refractivity contribution in [1.82, 2.24) is 15.2 Å². The number of aromatic nitrogens is 1. The SMILES string of the molecule is Cc1ccccc1C(=O)NC(C(=O)N1CCCN(c2ncc(C(F)(F)F)cc2Cl)CC1)C(C)C. The molecule has 1 aliphatic rings. The summed E-state index contributed by atoms with van der Waals surface area (Å²) in [5, 5.41) is 2.80. The van der Waals surface area contributed by atoms with E-state index in [9.17, 15) is 22.8 Å². The molecule has 10 heteroatoms. The zero-order valence-corrected chi connectivity index (χ0v) is 20.1. The number of rotatable bonds is 5. The van der Waals surface area contributed by atoms with Gasteiger partial charge in [0.1, 0.15) is 11.9 Å². The van der Waals surface area contributed by atoms with Crippen LogP contribution in [0.25, 0.3) is 0 Å². The van der Waals surface area contributed by atoms with E-state index in [1.807, 2.05) is 32.9 Å². The summed E-state index contributed by atoms with van der Waals surface area (Å²) >= 11 is 6.11. The third kappa shape index (κ3) is 6.00. The highest BCUT2D eigenvalue weighted by molar-refractivity contribution is 6.33. The van der Waals surface area contributed by atoms with Crippen LogP contribution in [0.2, 0.25) is 5.02 Å². The molecule has 1 atom stereocenters. The lowest BCUT2D eigenvalue weighted by atomic mass is 10.0. The van der Waals surface area contributed by atoms with Crippen LogP contribution >= 0.6 is 11.6 Å². The van der Waals surface area contributed by atoms with Crippen LogP contribution in [0, 0.1) is 12.8 Å². The van der Waals surface area contributed by atoms with E-state index in [4.69, 9.17) is 11.6 Å². The van der Waals surface area contributed by atoms with E-state index >= 15 is 0 Å². The topological polar surface area (TPSA) is 65.5 Å². The molecule has 1 unspecified atom stereocenters. The minimum atomic E-state index is -4.52. The standard InChI is InChI=1S/C24H28ClF3N4O2/c1-15(2)20(30-22(33)18-8-5-4-7-16(18)3)23(34)32-10-6-9-31(11-12-32)21-19(25)13-17(14-29-21)24(26,27)28/h4-5,7-8,13-15,20H,6,9-12H2,1-3H3,(H,30,33). The summed E-state index contributed by atoms with van der Waals surface area (Å²) in [4.78, 5) is 33.6. The van der Waals surface area contributed by atoms with Gasteiger partial charge in [-0.15, -0.1) is 0 Å². The Labute approximate surface area is 202 Å². The van der Waals surface area contributed by atoms with Gasteiger partial charge in [-0.05, 0) is 37.0 Å². The van der Waals surface area contributed by atoms with Crippen molar-refractivity contribution in [2.75, 3.05) is 31.1 Å². The molecule has 1 saturated heterocycles. The largest absolute Gasteiger partial charge is 0.417 e. The van der Waals surface area contributed by atoms with Gasteiger partial charge in [-0.25, -0.2) is 4.98 Å². The molecule has 0 radical (unpaired) electrons. The normalized spacial score (nSPS) is 15.8. The number of carbonyl (C=O) groups is 2. The van der Waals surface area contributed by atoms with Gasteiger partial charge in [-0.1, -0.05) is 43.6 Å². The summed E-state index contributed by atoms with van der Waals surface area (Å²) in [5.74, 6) is -0.365. The number of nitrogens with one attached hydrogen (secondary N) is 1. The molecule has 1 aromatic carbocycles. The highest BCUT2D eigenvalue weighted by Crippen LogP contribution is 2.33. The molecule has 0 bridgehead atoms. The van der Waals surface area contributed by atoms with Gasteiger partial charge in [0, 0.05) is 37.9 Å². The van der Waals surface area contributed by atoms with Crippen molar-refractivity contribution in [3.63, 3.8) is 0 Å². The minimum Gasteiger partial charge on any atom is -0.354 e. The third-order valence-electron chi connectivity index (χ3n) is 5.87. The zero-order chi connectivity index (χ0) is 25.0. The Morgan fingerprint density at radius 3 is 2.44 bits per heavy atom. The number of aryl methyl sites for hydroxylation is 1. The van der Waals surface area contributed by atoms with E-state index in [-0.39, 0.29) is 28.6 Å². The summed E-state index contributed by atoms with van der Waals surface area (Å²) < 4.78 is 38.8. The van der Waals surface area contributed by atoms with E-state index in [1.165, 1.54) is 0 Å². The molecule has 6 nitrogen and oxygen atoms in total. The van der Waals surface area contributed by atoms with E-state index in [0.717, 1.165) is 17.8 Å². The number of hydrogen-bond acceptors (Lipinski definition) is 4. The summed E-state index contributed by atoms with van der Waals surface area (Å²) in [6.07, 6.45) is -3.17. The fourth-order valence-corrected chi connectivity index (χ4v) is 4.21. The minimum absolute atomic E-state index is 0.0832. The molecular formula is C24H28ClF3N4O2. The zero-order valence-electron chi connectivity index (χ0n) is 19.3. The number of hydrogen-bond donors (Lipinski definition) is 1. The lowest BCUT2D eigenvalue weighted by Gasteiger charge is -2.29. The van der Waals surface area contributed by atoms with Crippen molar-refractivity contribution in [3.05, 3.63) is 58.2 Å². The molecule has 2 heterocycles. The maximum atomic E-state index is 13.3. The quantitative estimate of drug-likeness (QED) is 0.659. The van der Waals surface area contributed by atoms with Gasteiger partial charge in [0.05, 0.1) is 10.6 Å². The van der Waals surface area contributed by atoms with Crippen molar-refractivity contribution < 1.29 is 22.8 Å². The first kappa shape index (κ1) is 25.8. The van der Waals surface area contributed by atoms with Gasteiger partial charge in [0.25, 0.3) is 5.91 Å². The van der Waals surface area contributed by atoms with E-state index in [2.05, 4.69) is 10.3 Å². The summed E-state index contributed by atoms with van der Waals surface area (Å²) in [5.41, 5.74) is 0.435. The maximum absolute atomic E-state index is 13.3. The summed E-state index contributed by atoms with van der Waals surface area (Å²) in [6, 6.07) is 7.34. The molecule has 34 heavy (non-hydrogen) atoms. The second kappa shape index (κ2) is 10.6. The fraction of sp³-hybridized carbons (Fsp3) is 0.458. The third-order valence-corrected chi connectivity index (χ3v) is 6.14. The summed E-state index contributed by atoms with van der Waals surface area (Å²) in [6.45, 7) is 7.22. The van der Waals surface area contributed by atoms with Gasteiger partial charge in [-0.2, -0.15) is 13.2 Å². The van der Waals surface area contributed by atoms with Gasteiger partial charge in [0.2, 0.25) is 5.91 Å². The number of halogens is 4. The predicted octanol–water partition coefficient (Wildman–Crippen LogP) is 4.56. The molecule has 1 fully saturated rings. The van der Waals surface area contributed by atoms with Crippen LogP contribution in [-0.4, -0.2) is 53.9 Å². The van der Waals surface area contributed by atoms with E-state index in [0.29, 0.717) is 38.2 Å². The molecule has 184 valence electrons. The van der Waals surface area contributed by atoms with Gasteiger partial charge in [0.15, 0.2) is 0 Å². The Bertz CT molecular complexity index is 1050. The smallest absolute Gasteiger partial charge is 0.354 e. The molecule has 2 aromatic rings. The lowest BCUT2D eigenvalue weighted by molar-refractivity contribution is -0.138. The molecule has 0 saturated carbocycles. The molecule has 1 N–H and O–H groups in total. The Morgan fingerprint density at radius 1 is 1.12 bits per heavy atom. The van der Waals surface area contributed by atoms with Crippen molar-refractivity contribution in [3.8, 4) is 0 Å². The first-order valence-electron chi connectivity index (χ1n) is 11.1. The number of carbonyl (C=O) groups excluding carboxylic acids is 2. The van der Waals surface area contributed by atoms with E-state index in [1.54, 1.807) is 21.9 Å². The van der Waals surface area contributed by atoms with Gasteiger partial charge in [-0.3, -0.25) is 9.59 Å². The van der Waals surface area contributed by atoms with Crippen molar-refractivity contribution in [1.29, 1.82) is 0 Å². The van der Waals surface area contributed by atoms with Crippen LogP contribution in [0.3, 0.4) is 0 Å². The highest BCUT2D eigenvalue weighted by Gasteiger charge is 2.33. The van der Waals surface area contributed by atoms with Crippen LogP contribution < -0.4 is 10.2 Å². The van der Waals surface area contributed by atoms with Crippen molar-refractivity contribution >= 4 is 29.2 Å². The number of pyridine rings is 1. The number of nitrogens with zero attached hydrogens (tertiary/aromatic N) is 3. The number of amides is 2. The van der Waals surface area contributed by atoms with Crippen molar-refractivity contribution in [2.24, 2.45) is 5.92 Å². The molecule has 2 amide bonds. The number of anilines is 1. The molecular weight excluding hydrogens is 469 g/mol. The molecule has 0 aliphatic carbocycles. The Kier molecular flexibility index (Phi) is 8.07. The maximum Gasteiger partial charge on any atom is 0.417 e. The Hall–Kier alpha value is -2.81. The monoisotopic (exact) mass is 496 g/mol. The second-order valence-corrected chi connectivity index (χ2v) is 9.11. The summed E-state index contributed by atoms with van der Waals surface area (Å²) in [7, 11) is 0. The van der Waals surface area contributed by atoms with Crippen LogP contribution in [0.15, 0.2) is 36.5 Å². The average Bonchev–Trinajstić information content (AvgIpc) is 3.02. The van der Waals surface area contributed by atoms with Crippen LogP contribution in [0.5, 0.6) is 0 Å². The molecule has 1 aromatic heterocycles. The first-order chi connectivity index (χ1) is 16.0. The predicted molar refractivity (Wildman–Crippen MR) is 125 cm³/mol. The van der Waals surface area contributed by atoms with Gasteiger partial charge < -0.3 is 15.1 Å². The Balaban J connectivity index is 1.70. The first-order valence-corrected chi connectivity index (χ1v) is 11.5. The van der Waals surface area contributed by atoms with E-state index < -0.39 is 17.8 Å². The lowest BCUT2D eigenvalue weighted by Crippen LogP contribution is -2.52. The number of benzene rings is 1. The molecule has 1 aliphatic heterocycles. The van der Waals surface area contributed by atoms with Crippen LogP contribution in [-0.2, 0) is 11.0 Å². The van der Waals surface area contributed by atoms with Crippen LogP contribution in [0.4, 0.5) is 19.0 Å². The van der Waals surface area contributed by atoms with Crippen LogP contribution in [0.1, 0.15) is 41.8 Å². The molecule has 3 rings (SSSR count). The average molecular weight is 497 g/mol. The van der Waals surface area contributed by atoms with Gasteiger partial charge >= 0.3 is 6.18 Å². The molecule has 0 spiro atoms. The number of alkyl halides is 3.